The molecule has 0 atom stereocenters. The van der Waals surface area contributed by atoms with Crippen molar-refractivity contribution in [2.75, 3.05) is 12.0 Å². The van der Waals surface area contributed by atoms with Crippen LogP contribution in [0.15, 0.2) is 29.6 Å². The average Bonchev–Trinajstić information content (AvgIpc) is 3.19. The predicted molar refractivity (Wildman–Crippen MR) is 99.9 cm³/mol. The van der Waals surface area contributed by atoms with Crippen LogP contribution in [0.3, 0.4) is 0 Å². The zero-order valence-electron chi connectivity index (χ0n) is 13.8. The Labute approximate surface area is 149 Å². The zero-order valence-corrected chi connectivity index (χ0v) is 14.6. The van der Waals surface area contributed by atoms with Crippen LogP contribution in [0.2, 0.25) is 0 Å². The highest BCUT2D eigenvalue weighted by molar-refractivity contribution is 7.19. The Morgan fingerprint density at radius 3 is 3.16 bits per heavy atom. The fourth-order valence-electron chi connectivity index (χ4n) is 3.06. The molecule has 0 saturated heterocycles. The van der Waals surface area contributed by atoms with Gasteiger partial charge in [-0.2, -0.15) is 5.10 Å². The minimum absolute atomic E-state index is 0.123. The largest absolute Gasteiger partial charge is 0.504 e. The number of thiophene rings is 1. The van der Waals surface area contributed by atoms with Gasteiger partial charge in [0.05, 0.1) is 18.2 Å². The highest BCUT2D eigenvalue weighted by atomic mass is 32.1. The van der Waals surface area contributed by atoms with Gasteiger partial charge in [-0.3, -0.25) is 5.43 Å². The van der Waals surface area contributed by atoms with Gasteiger partial charge < -0.3 is 9.84 Å². The number of phenolic OH excluding ortho intramolecular Hbond substituents is 1. The lowest BCUT2D eigenvalue weighted by atomic mass is 10.2. The average molecular weight is 354 g/mol. The summed E-state index contributed by atoms with van der Waals surface area (Å²) in [5, 5.41) is 15.1. The summed E-state index contributed by atoms with van der Waals surface area (Å²) in [7, 11) is 0. The molecule has 4 rings (SSSR count). The summed E-state index contributed by atoms with van der Waals surface area (Å²) < 4.78 is 5.39. The maximum Gasteiger partial charge on any atom is 0.161 e. The molecule has 2 heterocycles. The van der Waals surface area contributed by atoms with Gasteiger partial charge in [-0.25, -0.2) is 9.97 Å². The van der Waals surface area contributed by atoms with E-state index in [1.165, 1.54) is 16.9 Å². The summed E-state index contributed by atoms with van der Waals surface area (Å²) in [5.41, 5.74) is 5.23. The van der Waals surface area contributed by atoms with E-state index in [1.54, 1.807) is 42.1 Å². The molecule has 0 aliphatic heterocycles. The molecule has 0 unspecified atom stereocenters. The molecule has 0 fully saturated rings. The fraction of sp³-hybridized carbons (Fsp3) is 0.278. The van der Waals surface area contributed by atoms with Gasteiger partial charge in [0, 0.05) is 4.88 Å². The van der Waals surface area contributed by atoms with Crippen molar-refractivity contribution in [2.24, 2.45) is 5.10 Å². The Morgan fingerprint density at radius 2 is 2.28 bits per heavy atom. The summed E-state index contributed by atoms with van der Waals surface area (Å²) in [6, 6.07) is 5.13. The third-order valence-electron chi connectivity index (χ3n) is 4.17. The topological polar surface area (TPSA) is 79.6 Å². The lowest BCUT2D eigenvalue weighted by Crippen LogP contribution is -1.97. The summed E-state index contributed by atoms with van der Waals surface area (Å²) in [4.78, 5) is 11.2. The lowest BCUT2D eigenvalue weighted by Gasteiger charge is -2.06. The van der Waals surface area contributed by atoms with Gasteiger partial charge in [0.1, 0.15) is 11.2 Å². The molecule has 3 aromatic rings. The molecule has 0 spiro atoms. The van der Waals surface area contributed by atoms with E-state index in [4.69, 9.17) is 4.74 Å². The van der Waals surface area contributed by atoms with Crippen molar-refractivity contribution in [1.29, 1.82) is 0 Å². The van der Waals surface area contributed by atoms with E-state index in [1.807, 2.05) is 6.92 Å². The summed E-state index contributed by atoms with van der Waals surface area (Å²) in [6.45, 7) is 2.37. The van der Waals surface area contributed by atoms with E-state index in [0.717, 1.165) is 34.4 Å². The summed E-state index contributed by atoms with van der Waals surface area (Å²) in [6.07, 6.45) is 6.66. The van der Waals surface area contributed by atoms with Crippen LogP contribution in [0.25, 0.3) is 10.2 Å². The number of hydrogen-bond acceptors (Lipinski definition) is 7. The third kappa shape index (κ3) is 3.02. The number of nitrogens with zero attached hydrogens (tertiary/aromatic N) is 3. The fourth-order valence-corrected chi connectivity index (χ4v) is 4.29. The monoisotopic (exact) mass is 354 g/mol. The Kier molecular flexibility index (Phi) is 4.23. The van der Waals surface area contributed by atoms with Crippen molar-refractivity contribution in [3.05, 3.63) is 40.5 Å². The number of anilines is 1. The molecule has 2 aromatic heterocycles. The molecule has 25 heavy (non-hydrogen) atoms. The highest BCUT2D eigenvalue weighted by Gasteiger charge is 2.20. The maximum absolute atomic E-state index is 9.75. The highest BCUT2D eigenvalue weighted by Crippen LogP contribution is 2.39. The normalized spacial score (nSPS) is 13.5. The minimum atomic E-state index is 0.123. The van der Waals surface area contributed by atoms with Crippen LogP contribution in [0, 0.1) is 0 Å². The van der Waals surface area contributed by atoms with E-state index in [0.29, 0.717) is 12.4 Å². The van der Waals surface area contributed by atoms with Crippen molar-refractivity contribution < 1.29 is 9.84 Å². The molecule has 128 valence electrons. The van der Waals surface area contributed by atoms with E-state index in [9.17, 15) is 5.11 Å². The molecule has 0 bridgehead atoms. The van der Waals surface area contributed by atoms with Crippen LogP contribution >= 0.6 is 11.3 Å². The number of rotatable bonds is 5. The standard InChI is InChI=1S/C18H18N4O2S/c1-2-24-14-8-11(6-7-13(14)23)9-21-22-17-16-12-4-3-5-15(12)25-18(16)20-10-19-17/h6-10,23H,2-5H2,1H3,(H,19,20,22)/b21-9+. The van der Waals surface area contributed by atoms with Crippen LogP contribution in [0.1, 0.15) is 29.3 Å². The second-order valence-corrected chi connectivity index (χ2v) is 6.87. The molecule has 7 heteroatoms. The van der Waals surface area contributed by atoms with Crippen LogP contribution < -0.4 is 10.2 Å². The molecule has 0 amide bonds. The van der Waals surface area contributed by atoms with Crippen molar-refractivity contribution in [3.8, 4) is 11.5 Å². The Hall–Kier alpha value is -2.67. The molecule has 0 saturated carbocycles. The first-order chi connectivity index (χ1) is 12.3. The number of nitrogens with one attached hydrogen (secondary N) is 1. The number of hydrogen-bond donors (Lipinski definition) is 2. The van der Waals surface area contributed by atoms with Gasteiger partial charge in [-0.15, -0.1) is 11.3 Å². The number of aromatic hydroxyl groups is 1. The number of hydrazone groups is 1. The Balaban J connectivity index is 1.58. The molecule has 1 aliphatic rings. The van der Waals surface area contributed by atoms with E-state index >= 15 is 0 Å². The van der Waals surface area contributed by atoms with Gasteiger partial charge in [-0.05, 0) is 55.5 Å². The van der Waals surface area contributed by atoms with E-state index < -0.39 is 0 Å². The van der Waals surface area contributed by atoms with Crippen LogP contribution in [0.5, 0.6) is 11.5 Å². The third-order valence-corrected chi connectivity index (χ3v) is 5.37. The molecule has 1 aliphatic carbocycles. The van der Waals surface area contributed by atoms with Gasteiger partial charge in [0.15, 0.2) is 17.3 Å². The Bertz CT molecular complexity index is 952. The number of benzene rings is 1. The number of ether oxygens (including phenoxy) is 1. The van der Waals surface area contributed by atoms with Crippen molar-refractivity contribution in [1.82, 2.24) is 9.97 Å². The molecule has 6 nitrogen and oxygen atoms in total. The minimum Gasteiger partial charge on any atom is -0.504 e. The SMILES string of the molecule is CCOc1cc(/C=N/Nc2ncnc3sc4c(c23)CCC4)ccc1O. The number of fused-ring (bicyclic) bond motifs is 3. The number of phenols is 1. The van der Waals surface area contributed by atoms with Crippen LogP contribution in [-0.2, 0) is 12.8 Å². The van der Waals surface area contributed by atoms with Crippen molar-refractivity contribution in [3.63, 3.8) is 0 Å². The molecular weight excluding hydrogens is 336 g/mol. The van der Waals surface area contributed by atoms with Gasteiger partial charge in [-0.1, -0.05) is 0 Å². The first-order valence-electron chi connectivity index (χ1n) is 8.26. The smallest absolute Gasteiger partial charge is 0.161 e. The zero-order chi connectivity index (χ0) is 17.2. The summed E-state index contributed by atoms with van der Waals surface area (Å²) >= 11 is 1.75. The van der Waals surface area contributed by atoms with E-state index in [2.05, 4.69) is 20.5 Å². The molecule has 2 N–H and O–H groups in total. The van der Waals surface area contributed by atoms with Gasteiger partial charge in [0.2, 0.25) is 0 Å². The summed E-state index contributed by atoms with van der Waals surface area (Å²) in [5.74, 6) is 1.31. The molecule has 1 aromatic carbocycles. The van der Waals surface area contributed by atoms with Gasteiger partial charge in [0.25, 0.3) is 0 Å². The Morgan fingerprint density at radius 1 is 1.36 bits per heavy atom. The first-order valence-corrected chi connectivity index (χ1v) is 9.08. The number of aromatic nitrogens is 2. The molecule has 0 radical (unpaired) electrons. The van der Waals surface area contributed by atoms with E-state index in [-0.39, 0.29) is 5.75 Å². The predicted octanol–water partition coefficient (Wildman–Crippen LogP) is 3.73. The first kappa shape index (κ1) is 15.8. The second kappa shape index (κ2) is 6.68. The quantitative estimate of drug-likeness (QED) is 0.539. The van der Waals surface area contributed by atoms with Crippen LogP contribution in [0.4, 0.5) is 5.82 Å². The molecular formula is C18H18N4O2S. The lowest BCUT2D eigenvalue weighted by molar-refractivity contribution is 0.318. The second-order valence-electron chi connectivity index (χ2n) is 5.79. The van der Waals surface area contributed by atoms with Crippen molar-refractivity contribution >= 4 is 33.6 Å². The van der Waals surface area contributed by atoms with Crippen LogP contribution in [-0.4, -0.2) is 27.9 Å². The number of aryl methyl sites for hydroxylation is 2. The van der Waals surface area contributed by atoms with Gasteiger partial charge >= 0.3 is 0 Å². The van der Waals surface area contributed by atoms with Crippen molar-refractivity contribution in [2.45, 2.75) is 26.2 Å². The maximum atomic E-state index is 9.75.